The van der Waals surface area contributed by atoms with Crippen LogP contribution in [0.3, 0.4) is 0 Å². The Morgan fingerprint density at radius 2 is 2.00 bits per heavy atom. The molecule has 0 spiro atoms. The van der Waals surface area contributed by atoms with Crippen molar-refractivity contribution in [2.45, 2.75) is 57.7 Å². The molecule has 3 rings (SSSR count). The number of amides is 1. The lowest BCUT2D eigenvalue weighted by Crippen LogP contribution is -2.44. The van der Waals surface area contributed by atoms with E-state index in [4.69, 9.17) is 0 Å². The molecule has 1 saturated heterocycles. The van der Waals surface area contributed by atoms with Gasteiger partial charge in [0, 0.05) is 44.7 Å². The number of nitrogens with zero attached hydrogens (tertiary/aromatic N) is 2. The molecule has 31 heavy (non-hydrogen) atoms. The largest absolute Gasteiger partial charge is 0.433 e. The number of hydrogen-bond donors (Lipinski definition) is 3. The Morgan fingerprint density at radius 1 is 1.23 bits per heavy atom. The second kappa shape index (κ2) is 12.9. The number of aliphatic imine (C=N–C) groups is 1. The maximum Gasteiger partial charge on any atom is 0.387 e. The third-order valence-corrected chi connectivity index (χ3v) is 5.07. The summed E-state index contributed by atoms with van der Waals surface area (Å²) in [5.74, 6) is 1.00. The Labute approximate surface area is 199 Å². The predicted octanol–water partition coefficient (Wildman–Crippen LogP) is 3.10. The first kappa shape index (κ1) is 25.4. The standard InChI is InChI=1S/C21H31F2N5O2.HI/c1-2-24-21(25-12-5-8-19(29)26-15-9-10-15)27-16-11-13-28(14-16)17-6-3-4-7-18(17)30-20(22)23;/h3-4,6-7,15-16,20H,2,5,8-14H2,1H3,(H,26,29)(H2,24,25,27);1H. The maximum atomic E-state index is 12.7. The highest BCUT2D eigenvalue weighted by Gasteiger charge is 2.26. The van der Waals surface area contributed by atoms with Gasteiger partial charge < -0.3 is 25.6 Å². The fourth-order valence-electron chi connectivity index (χ4n) is 3.48. The average Bonchev–Trinajstić information content (AvgIpc) is 3.40. The van der Waals surface area contributed by atoms with E-state index in [-0.39, 0.29) is 41.7 Å². The van der Waals surface area contributed by atoms with Crippen molar-refractivity contribution in [1.82, 2.24) is 16.0 Å². The van der Waals surface area contributed by atoms with Crippen molar-refractivity contribution in [2.24, 2.45) is 4.99 Å². The average molecular weight is 551 g/mol. The molecule has 1 aromatic rings. The van der Waals surface area contributed by atoms with Crippen molar-refractivity contribution in [2.75, 3.05) is 31.1 Å². The van der Waals surface area contributed by atoms with Crippen molar-refractivity contribution in [3.8, 4) is 5.75 Å². The molecular weight excluding hydrogens is 519 g/mol. The van der Waals surface area contributed by atoms with Gasteiger partial charge in [-0.1, -0.05) is 12.1 Å². The molecule has 1 heterocycles. The molecule has 1 aliphatic carbocycles. The van der Waals surface area contributed by atoms with Crippen molar-refractivity contribution in [3.05, 3.63) is 24.3 Å². The van der Waals surface area contributed by atoms with Gasteiger partial charge in [-0.3, -0.25) is 9.79 Å². The minimum Gasteiger partial charge on any atom is -0.433 e. The second-order valence-corrected chi connectivity index (χ2v) is 7.63. The normalized spacial score (nSPS) is 18.5. The summed E-state index contributed by atoms with van der Waals surface area (Å²) in [6.45, 7) is 1.85. The van der Waals surface area contributed by atoms with Crippen LogP contribution in [0.2, 0.25) is 0 Å². The van der Waals surface area contributed by atoms with Gasteiger partial charge in [0.15, 0.2) is 5.96 Å². The molecule has 0 aromatic heterocycles. The number of rotatable bonds is 10. The number of benzene rings is 1. The number of anilines is 1. The zero-order chi connectivity index (χ0) is 21.3. The topological polar surface area (TPSA) is 78.0 Å². The Balaban J connectivity index is 0.00000341. The van der Waals surface area contributed by atoms with E-state index >= 15 is 0 Å². The highest BCUT2D eigenvalue weighted by atomic mass is 127. The molecule has 1 saturated carbocycles. The van der Waals surface area contributed by atoms with E-state index in [2.05, 4.69) is 25.7 Å². The van der Waals surface area contributed by atoms with Gasteiger partial charge in [0.05, 0.1) is 5.69 Å². The SMILES string of the molecule is CCNC(=NCCCC(=O)NC1CC1)NC1CCN(c2ccccc2OC(F)F)C1.I. The summed E-state index contributed by atoms with van der Waals surface area (Å²) in [5.41, 5.74) is 0.672. The summed E-state index contributed by atoms with van der Waals surface area (Å²) in [6.07, 6.45) is 4.23. The van der Waals surface area contributed by atoms with Crippen LogP contribution in [0.15, 0.2) is 29.3 Å². The summed E-state index contributed by atoms with van der Waals surface area (Å²) in [4.78, 5) is 18.4. The maximum absolute atomic E-state index is 12.7. The van der Waals surface area contributed by atoms with E-state index in [0.717, 1.165) is 32.4 Å². The molecule has 0 bridgehead atoms. The fraction of sp³-hybridized carbons (Fsp3) is 0.619. The number of guanidine groups is 1. The number of nitrogens with one attached hydrogen (secondary N) is 3. The van der Waals surface area contributed by atoms with E-state index in [1.54, 1.807) is 18.2 Å². The predicted molar refractivity (Wildman–Crippen MR) is 129 cm³/mol. The molecule has 2 fully saturated rings. The first-order valence-corrected chi connectivity index (χ1v) is 10.7. The number of hydrogen-bond acceptors (Lipinski definition) is 4. The molecule has 1 aromatic carbocycles. The molecule has 7 nitrogen and oxygen atoms in total. The van der Waals surface area contributed by atoms with Crippen LogP contribution in [0.1, 0.15) is 39.0 Å². The third-order valence-electron chi connectivity index (χ3n) is 5.07. The Hall–Kier alpha value is -1.85. The minimum absolute atomic E-state index is 0. The Kier molecular flexibility index (Phi) is 10.6. The summed E-state index contributed by atoms with van der Waals surface area (Å²) >= 11 is 0. The van der Waals surface area contributed by atoms with Gasteiger partial charge in [-0.25, -0.2) is 0 Å². The molecule has 3 N–H and O–H groups in total. The third kappa shape index (κ3) is 8.66. The van der Waals surface area contributed by atoms with E-state index in [1.807, 2.05) is 17.9 Å². The van der Waals surface area contributed by atoms with Crippen molar-refractivity contribution in [3.63, 3.8) is 0 Å². The zero-order valence-corrected chi connectivity index (χ0v) is 20.1. The Morgan fingerprint density at radius 3 is 2.71 bits per heavy atom. The van der Waals surface area contributed by atoms with Crippen LogP contribution in [0, 0.1) is 0 Å². The van der Waals surface area contributed by atoms with Gasteiger partial charge in [-0.05, 0) is 44.7 Å². The fourth-order valence-corrected chi connectivity index (χ4v) is 3.48. The van der Waals surface area contributed by atoms with Crippen LogP contribution in [-0.2, 0) is 4.79 Å². The lowest BCUT2D eigenvalue weighted by molar-refractivity contribution is -0.121. The molecule has 1 unspecified atom stereocenters. The Bertz CT molecular complexity index is 733. The number of carbonyl (C=O) groups excluding carboxylic acids is 1. The molecule has 10 heteroatoms. The highest BCUT2D eigenvalue weighted by molar-refractivity contribution is 14.0. The van der Waals surface area contributed by atoms with E-state index in [0.29, 0.717) is 43.6 Å². The number of carbonyl (C=O) groups is 1. The summed E-state index contributed by atoms with van der Waals surface area (Å²) in [6, 6.07) is 7.40. The number of para-hydroxylation sites is 2. The summed E-state index contributed by atoms with van der Waals surface area (Å²) in [7, 11) is 0. The van der Waals surface area contributed by atoms with Crippen LogP contribution >= 0.6 is 24.0 Å². The van der Waals surface area contributed by atoms with Gasteiger partial charge in [0.25, 0.3) is 0 Å². The van der Waals surface area contributed by atoms with Crippen molar-refractivity contribution in [1.29, 1.82) is 0 Å². The van der Waals surface area contributed by atoms with Crippen molar-refractivity contribution < 1.29 is 18.3 Å². The van der Waals surface area contributed by atoms with Gasteiger partial charge in [0.2, 0.25) is 5.91 Å². The lowest BCUT2D eigenvalue weighted by Gasteiger charge is -2.22. The quantitative estimate of drug-likeness (QED) is 0.180. The molecule has 1 atom stereocenters. The van der Waals surface area contributed by atoms with Crippen LogP contribution in [0.4, 0.5) is 14.5 Å². The molecule has 1 aliphatic heterocycles. The van der Waals surface area contributed by atoms with E-state index in [9.17, 15) is 13.6 Å². The van der Waals surface area contributed by atoms with E-state index < -0.39 is 6.61 Å². The van der Waals surface area contributed by atoms with Crippen molar-refractivity contribution >= 4 is 41.5 Å². The van der Waals surface area contributed by atoms with Crippen LogP contribution in [0.5, 0.6) is 5.75 Å². The summed E-state index contributed by atoms with van der Waals surface area (Å²) < 4.78 is 30.0. The van der Waals surface area contributed by atoms with Gasteiger partial charge in [-0.15, -0.1) is 24.0 Å². The minimum atomic E-state index is -2.85. The first-order valence-electron chi connectivity index (χ1n) is 10.7. The van der Waals surface area contributed by atoms with Gasteiger partial charge in [0.1, 0.15) is 5.75 Å². The molecule has 0 radical (unpaired) electrons. The lowest BCUT2D eigenvalue weighted by atomic mass is 10.2. The molecule has 1 amide bonds. The molecule has 2 aliphatic rings. The van der Waals surface area contributed by atoms with Gasteiger partial charge >= 0.3 is 6.61 Å². The summed E-state index contributed by atoms with van der Waals surface area (Å²) in [5, 5.41) is 9.62. The number of alkyl halides is 2. The van der Waals surface area contributed by atoms with Gasteiger partial charge in [-0.2, -0.15) is 8.78 Å². The zero-order valence-electron chi connectivity index (χ0n) is 17.8. The van der Waals surface area contributed by atoms with Crippen LogP contribution < -0.4 is 25.6 Å². The first-order chi connectivity index (χ1) is 14.5. The van der Waals surface area contributed by atoms with E-state index in [1.165, 1.54) is 0 Å². The number of halogens is 3. The van der Waals surface area contributed by atoms with Crippen LogP contribution in [0.25, 0.3) is 0 Å². The molecule has 174 valence electrons. The number of ether oxygens (including phenoxy) is 1. The highest BCUT2D eigenvalue weighted by Crippen LogP contribution is 2.31. The molecular formula is C21H32F2IN5O2. The monoisotopic (exact) mass is 551 g/mol. The second-order valence-electron chi connectivity index (χ2n) is 7.63. The smallest absolute Gasteiger partial charge is 0.387 e. The van der Waals surface area contributed by atoms with Crippen LogP contribution in [-0.4, -0.2) is 56.7 Å².